The predicted octanol–water partition coefficient (Wildman–Crippen LogP) is 4.13. The van der Waals surface area contributed by atoms with Crippen LogP contribution < -0.4 is 10.9 Å². The third-order valence-electron chi connectivity index (χ3n) is 4.62. The summed E-state index contributed by atoms with van der Waals surface area (Å²) in [5.41, 5.74) is 3.13. The Morgan fingerprint density at radius 3 is 2.57 bits per heavy atom. The van der Waals surface area contributed by atoms with E-state index in [4.69, 9.17) is 0 Å². The van der Waals surface area contributed by atoms with Crippen LogP contribution in [0.5, 0.6) is 0 Å². The minimum Gasteiger partial charge on any atom is -0.325 e. The van der Waals surface area contributed by atoms with Gasteiger partial charge in [-0.2, -0.15) is 0 Å². The van der Waals surface area contributed by atoms with Gasteiger partial charge in [-0.25, -0.2) is 14.5 Å². The Hall–Kier alpha value is -3.45. The minimum atomic E-state index is -0.209. The van der Waals surface area contributed by atoms with E-state index in [9.17, 15) is 9.59 Å². The molecule has 4 rings (SSSR count). The number of thioether (sulfide) groups is 1. The number of carbonyl (C=O) groups is 1. The summed E-state index contributed by atoms with van der Waals surface area (Å²) in [5.74, 6) is 0.427. The molecule has 6 nitrogen and oxygen atoms in total. The number of para-hydroxylation sites is 2. The molecule has 0 aliphatic rings. The van der Waals surface area contributed by atoms with E-state index in [1.807, 2.05) is 50.2 Å². The summed E-state index contributed by atoms with van der Waals surface area (Å²) < 4.78 is 1.47. The van der Waals surface area contributed by atoms with Gasteiger partial charge in [0.1, 0.15) is 5.82 Å². The van der Waals surface area contributed by atoms with E-state index in [1.165, 1.54) is 16.3 Å². The molecular formula is C23H20N4O2S. The fraction of sp³-hybridized carbons (Fsp3) is 0.130. The van der Waals surface area contributed by atoms with Crippen molar-refractivity contribution in [3.63, 3.8) is 0 Å². The second kappa shape index (κ2) is 8.51. The molecule has 0 spiro atoms. The number of nitrogens with zero attached hydrogens (tertiary/aromatic N) is 3. The average molecular weight is 417 g/mol. The maximum atomic E-state index is 13.2. The van der Waals surface area contributed by atoms with Crippen LogP contribution in [0.2, 0.25) is 0 Å². The van der Waals surface area contributed by atoms with Gasteiger partial charge >= 0.3 is 0 Å². The smallest absolute Gasteiger partial charge is 0.267 e. The molecule has 2 heterocycles. The highest BCUT2D eigenvalue weighted by Crippen LogP contribution is 2.21. The number of pyridine rings is 1. The fourth-order valence-corrected chi connectivity index (χ4v) is 3.83. The highest BCUT2D eigenvalue weighted by molar-refractivity contribution is 7.99. The SMILES string of the molecule is Cc1ccc(-n2c(SCC(=O)Nc3ccccc3C)nc3ccccc3c2=O)nc1. The first-order valence-electron chi connectivity index (χ1n) is 9.46. The van der Waals surface area contributed by atoms with Crippen LogP contribution in [0.3, 0.4) is 0 Å². The molecule has 0 unspecified atom stereocenters. The quantitative estimate of drug-likeness (QED) is 0.391. The Morgan fingerprint density at radius 1 is 1.03 bits per heavy atom. The van der Waals surface area contributed by atoms with E-state index in [0.29, 0.717) is 21.9 Å². The molecule has 30 heavy (non-hydrogen) atoms. The number of hydrogen-bond donors (Lipinski definition) is 1. The number of aryl methyl sites for hydroxylation is 2. The van der Waals surface area contributed by atoms with E-state index in [2.05, 4.69) is 15.3 Å². The van der Waals surface area contributed by atoms with Gasteiger partial charge in [-0.3, -0.25) is 9.59 Å². The summed E-state index contributed by atoms with van der Waals surface area (Å²) in [7, 11) is 0. The largest absolute Gasteiger partial charge is 0.325 e. The third kappa shape index (κ3) is 4.11. The first kappa shape index (κ1) is 19.8. The van der Waals surface area contributed by atoms with Crippen molar-refractivity contribution in [1.82, 2.24) is 14.5 Å². The summed E-state index contributed by atoms with van der Waals surface area (Å²) >= 11 is 1.21. The Bertz CT molecular complexity index is 1280. The minimum absolute atomic E-state index is 0.116. The van der Waals surface area contributed by atoms with Gasteiger partial charge < -0.3 is 5.32 Å². The van der Waals surface area contributed by atoms with Crippen molar-refractivity contribution in [2.24, 2.45) is 0 Å². The zero-order valence-corrected chi connectivity index (χ0v) is 17.4. The average Bonchev–Trinajstić information content (AvgIpc) is 2.75. The van der Waals surface area contributed by atoms with Crippen LogP contribution in [0, 0.1) is 13.8 Å². The molecule has 0 aliphatic carbocycles. The van der Waals surface area contributed by atoms with Crippen LogP contribution in [0.25, 0.3) is 16.7 Å². The summed E-state index contributed by atoms with van der Waals surface area (Å²) in [4.78, 5) is 34.7. The number of amides is 1. The molecule has 2 aromatic heterocycles. The Labute approximate surface area is 178 Å². The lowest BCUT2D eigenvalue weighted by Crippen LogP contribution is -2.23. The molecular weight excluding hydrogens is 396 g/mol. The molecule has 1 N–H and O–H groups in total. The van der Waals surface area contributed by atoms with E-state index in [-0.39, 0.29) is 17.2 Å². The Kier molecular flexibility index (Phi) is 5.63. The van der Waals surface area contributed by atoms with Gasteiger partial charge in [0, 0.05) is 11.9 Å². The number of anilines is 1. The molecule has 0 atom stereocenters. The van der Waals surface area contributed by atoms with Crippen LogP contribution >= 0.6 is 11.8 Å². The summed E-state index contributed by atoms with van der Waals surface area (Å²) in [5, 5.41) is 3.84. The lowest BCUT2D eigenvalue weighted by Gasteiger charge is -2.13. The van der Waals surface area contributed by atoms with Gasteiger partial charge in [0.2, 0.25) is 5.91 Å². The van der Waals surface area contributed by atoms with Gasteiger partial charge in [0.15, 0.2) is 5.16 Å². The van der Waals surface area contributed by atoms with Crippen molar-refractivity contribution in [1.29, 1.82) is 0 Å². The number of rotatable bonds is 5. The third-order valence-corrected chi connectivity index (χ3v) is 5.56. The molecule has 0 radical (unpaired) electrons. The van der Waals surface area contributed by atoms with Gasteiger partial charge in [-0.05, 0) is 49.2 Å². The highest BCUT2D eigenvalue weighted by Gasteiger charge is 2.15. The zero-order chi connectivity index (χ0) is 21.1. The van der Waals surface area contributed by atoms with Gasteiger partial charge in [0.25, 0.3) is 5.56 Å². The van der Waals surface area contributed by atoms with Crippen LogP contribution in [-0.4, -0.2) is 26.2 Å². The van der Waals surface area contributed by atoms with Gasteiger partial charge in [-0.1, -0.05) is 48.2 Å². The molecule has 7 heteroatoms. The van der Waals surface area contributed by atoms with Crippen molar-refractivity contribution in [3.05, 3.63) is 88.3 Å². The topological polar surface area (TPSA) is 76.9 Å². The summed E-state index contributed by atoms with van der Waals surface area (Å²) in [6, 6.07) is 18.5. The number of aromatic nitrogens is 3. The lowest BCUT2D eigenvalue weighted by molar-refractivity contribution is -0.113. The molecule has 0 aliphatic heterocycles. The Balaban J connectivity index is 1.68. The van der Waals surface area contributed by atoms with Crippen LogP contribution in [0.4, 0.5) is 5.69 Å². The molecule has 0 bridgehead atoms. The van der Waals surface area contributed by atoms with Crippen molar-refractivity contribution in [2.75, 3.05) is 11.1 Å². The first-order chi connectivity index (χ1) is 14.5. The lowest BCUT2D eigenvalue weighted by atomic mass is 10.2. The van der Waals surface area contributed by atoms with Crippen molar-refractivity contribution in [2.45, 2.75) is 19.0 Å². The molecule has 2 aromatic carbocycles. The number of hydrogen-bond acceptors (Lipinski definition) is 5. The number of fused-ring (bicyclic) bond motifs is 1. The second-order valence-corrected chi connectivity index (χ2v) is 7.84. The maximum Gasteiger partial charge on any atom is 0.267 e. The number of benzene rings is 2. The van der Waals surface area contributed by atoms with Crippen LogP contribution in [-0.2, 0) is 4.79 Å². The normalized spacial score (nSPS) is 10.9. The monoisotopic (exact) mass is 416 g/mol. The maximum absolute atomic E-state index is 13.2. The van der Waals surface area contributed by atoms with Gasteiger partial charge in [-0.15, -0.1) is 0 Å². The van der Waals surface area contributed by atoms with Crippen molar-refractivity contribution < 1.29 is 4.79 Å². The molecule has 0 saturated carbocycles. The van der Waals surface area contributed by atoms with E-state index in [0.717, 1.165) is 16.8 Å². The summed E-state index contributed by atoms with van der Waals surface area (Å²) in [6.07, 6.45) is 1.70. The number of carbonyl (C=O) groups excluding carboxylic acids is 1. The Morgan fingerprint density at radius 2 is 1.80 bits per heavy atom. The number of nitrogens with one attached hydrogen (secondary N) is 1. The zero-order valence-electron chi connectivity index (χ0n) is 16.6. The molecule has 4 aromatic rings. The molecule has 150 valence electrons. The second-order valence-electron chi connectivity index (χ2n) is 6.90. The van der Waals surface area contributed by atoms with Crippen LogP contribution in [0.1, 0.15) is 11.1 Å². The van der Waals surface area contributed by atoms with Gasteiger partial charge in [0.05, 0.1) is 16.7 Å². The van der Waals surface area contributed by atoms with E-state index >= 15 is 0 Å². The summed E-state index contributed by atoms with van der Waals surface area (Å²) in [6.45, 7) is 3.87. The van der Waals surface area contributed by atoms with E-state index in [1.54, 1.807) is 30.5 Å². The predicted molar refractivity (Wildman–Crippen MR) is 120 cm³/mol. The van der Waals surface area contributed by atoms with Crippen molar-refractivity contribution >= 4 is 34.3 Å². The first-order valence-corrected chi connectivity index (χ1v) is 10.4. The van der Waals surface area contributed by atoms with Crippen molar-refractivity contribution in [3.8, 4) is 5.82 Å². The molecule has 0 fully saturated rings. The fourth-order valence-electron chi connectivity index (χ4n) is 3.03. The standard InChI is InChI=1S/C23H20N4O2S/c1-15-11-12-20(24-13-15)27-22(29)17-8-4-6-10-19(17)26-23(27)30-14-21(28)25-18-9-5-3-7-16(18)2/h3-13H,14H2,1-2H3,(H,25,28). The molecule has 0 saturated heterocycles. The molecule has 1 amide bonds. The van der Waals surface area contributed by atoms with Crippen LogP contribution in [0.15, 0.2) is 76.8 Å². The van der Waals surface area contributed by atoms with E-state index < -0.39 is 0 Å². The highest BCUT2D eigenvalue weighted by atomic mass is 32.2.